The molecule has 17 heavy (non-hydrogen) atoms. The van der Waals surface area contributed by atoms with Gasteiger partial charge in [-0.25, -0.2) is 0 Å². The fourth-order valence-electron chi connectivity index (χ4n) is 3.18. The van der Waals surface area contributed by atoms with Gasteiger partial charge in [0, 0.05) is 5.92 Å². The summed E-state index contributed by atoms with van der Waals surface area (Å²) >= 11 is 0. The second-order valence-corrected chi connectivity index (χ2v) is 5.66. The summed E-state index contributed by atoms with van der Waals surface area (Å²) in [4.78, 5) is 4.58. The van der Waals surface area contributed by atoms with Gasteiger partial charge in [0.25, 0.3) is 0 Å². The van der Waals surface area contributed by atoms with Gasteiger partial charge in [0.1, 0.15) is 0 Å². The second kappa shape index (κ2) is 4.41. The Hall–Kier alpha value is -0.900. The van der Waals surface area contributed by atoms with Crippen LogP contribution in [0.5, 0.6) is 0 Å². The minimum Gasteiger partial charge on any atom is -0.337 e. The number of nitrogens with two attached hydrogens (primary N) is 1. The van der Waals surface area contributed by atoms with Crippen LogP contribution in [-0.4, -0.2) is 10.1 Å². The lowest BCUT2D eigenvalue weighted by Crippen LogP contribution is -2.33. The minimum absolute atomic E-state index is 0.333. The van der Waals surface area contributed by atoms with Crippen molar-refractivity contribution in [2.75, 3.05) is 0 Å². The van der Waals surface area contributed by atoms with Crippen molar-refractivity contribution in [3.8, 4) is 0 Å². The Labute approximate surface area is 102 Å². The Balaban J connectivity index is 1.77. The average molecular weight is 235 g/mol. The van der Waals surface area contributed by atoms with Crippen molar-refractivity contribution in [2.45, 2.75) is 69.2 Å². The van der Waals surface area contributed by atoms with Gasteiger partial charge >= 0.3 is 0 Å². The molecule has 2 aliphatic carbocycles. The molecule has 1 aromatic rings. The highest BCUT2D eigenvalue weighted by atomic mass is 16.5. The fourth-order valence-corrected chi connectivity index (χ4v) is 3.18. The molecule has 0 aromatic carbocycles. The van der Waals surface area contributed by atoms with Crippen LogP contribution < -0.4 is 5.73 Å². The summed E-state index contributed by atoms with van der Waals surface area (Å²) < 4.78 is 5.42. The molecule has 2 aliphatic rings. The summed E-state index contributed by atoms with van der Waals surface area (Å²) in [6.45, 7) is 0. The van der Waals surface area contributed by atoms with Crippen LogP contribution in [0.15, 0.2) is 4.52 Å². The highest BCUT2D eigenvalue weighted by Crippen LogP contribution is 2.37. The lowest BCUT2D eigenvalue weighted by Gasteiger charge is -2.19. The molecule has 0 amide bonds. The molecule has 3 rings (SSSR count). The van der Waals surface area contributed by atoms with E-state index < -0.39 is 0 Å². The van der Waals surface area contributed by atoms with Gasteiger partial charge < -0.3 is 10.3 Å². The van der Waals surface area contributed by atoms with Crippen molar-refractivity contribution >= 4 is 0 Å². The molecule has 1 heterocycles. The summed E-state index contributed by atoms with van der Waals surface area (Å²) in [6.07, 6.45) is 10.7. The Morgan fingerprint density at radius 2 is 1.76 bits per heavy atom. The van der Waals surface area contributed by atoms with Crippen LogP contribution in [0.3, 0.4) is 0 Å². The molecule has 0 atom stereocenters. The Morgan fingerprint density at radius 1 is 1.06 bits per heavy atom. The third-order valence-electron chi connectivity index (χ3n) is 4.33. The third kappa shape index (κ3) is 2.10. The minimum atomic E-state index is -0.333. The molecule has 2 N–H and O–H groups in total. The predicted octanol–water partition coefficient (Wildman–Crippen LogP) is 2.85. The summed E-state index contributed by atoms with van der Waals surface area (Å²) in [5.74, 6) is 2.08. The molecule has 0 bridgehead atoms. The smallest absolute Gasteiger partial charge is 0.246 e. The first-order chi connectivity index (χ1) is 8.28. The summed E-state index contributed by atoms with van der Waals surface area (Å²) in [6, 6.07) is 0. The number of aromatic nitrogens is 2. The Bertz CT molecular complexity index is 376. The van der Waals surface area contributed by atoms with E-state index in [0.717, 1.165) is 18.7 Å². The zero-order chi connectivity index (χ0) is 11.7. The molecule has 2 saturated carbocycles. The monoisotopic (exact) mass is 235 g/mol. The molecule has 0 radical (unpaired) electrons. The molecule has 0 unspecified atom stereocenters. The van der Waals surface area contributed by atoms with Crippen LogP contribution in [0.1, 0.15) is 75.4 Å². The number of rotatable bonds is 2. The Morgan fingerprint density at radius 3 is 2.47 bits per heavy atom. The van der Waals surface area contributed by atoms with Gasteiger partial charge in [0.2, 0.25) is 5.89 Å². The standard InChI is InChI=1S/C13H21N3O/c14-13(8-4-5-9-13)12-15-11(16-17-12)10-6-2-1-3-7-10/h10H,1-9,14H2. The van der Waals surface area contributed by atoms with Crippen molar-refractivity contribution < 1.29 is 4.52 Å². The maximum atomic E-state index is 6.33. The van der Waals surface area contributed by atoms with Crippen LogP contribution in [-0.2, 0) is 5.54 Å². The quantitative estimate of drug-likeness (QED) is 0.856. The van der Waals surface area contributed by atoms with Crippen LogP contribution in [0, 0.1) is 0 Å². The SMILES string of the molecule is NC1(c2nc(C3CCCCC3)no2)CCCC1. The first-order valence-electron chi connectivity index (χ1n) is 6.91. The summed E-state index contributed by atoms with van der Waals surface area (Å²) in [5.41, 5.74) is 5.99. The van der Waals surface area contributed by atoms with E-state index in [2.05, 4.69) is 10.1 Å². The van der Waals surface area contributed by atoms with E-state index in [1.807, 2.05) is 0 Å². The largest absolute Gasteiger partial charge is 0.337 e. The van der Waals surface area contributed by atoms with Crippen molar-refractivity contribution in [3.63, 3.8) is 0 Å². The molecule has 0 saturated heterocycles. The molecule has 4 heteroatoms. The van der Waals surface area contributed by atoms with Crippen molar-refractivity contribution in [1.82, 2.24) is 10.1 Å². The van der Waals surface area contributed by atoms with Gasteiger partial charge in [-0.15, -0.1) is 0 Å². The van der Waals surface area contributed by atoms with Gasteiger partial charge in [-0.05, 0) is 25.7 Å². The van der Waals surface area contributed by atoms with E-state index in [4.69, 9.17) is 10.3 Å². The van der Waals surface area contributed by atoms with E-state index in [1.165, 1.54) is 44.9 Å². The highest BCUT2D eigenvalue weighted by Gasteiger charge is 2.37. The van der Waals surface area contributed by atoms with Crippen molar-refractivity contribution in [3.05, 3.63) is 11.7 Å². The van der Waals surface area contributed by atoms with E-state index in [9.17, 15) is 0 Å². The van der Waals surface area contributed by atoms with Crippen LogP contribution >= 0.6 is 0 Å². The normalized spacial score (nSPS) is 25.2. The number of hydrogen-bond donors (Lipinski definition) is 1. The van der Waals surface area contributed by atoms with Gasteiger partial charge in [-0.3, -0.25) is 0 Å². The third-order valence-corrected chi connectivity index (χ3v) is 4.33. The molecule has 1 aromatic heterocycles. The molecule has 2 fully saturated rings. The average Bonchev–Trinajstić information content (AvgIpc) is 2.99. The second-order valence-electron chi connectivity index (χ2n) is 5.66. The van der Waals surface area contributed by atoms with Crippen LogP contribution in [0.2, 0.25) is 0 Å². The molecular weight excluding hydrogens is 214 g/mol. The molecular formula is C13H21N3O. The van der Waals surface area contributed by atoms with Crippen molar-refractivity contribution in [1.29, 1.82) is 0 Å². The molecule has 0 spiro atoms. The lowest BCUT2D eigenvalue weighted by molar-refractivity contribution is 0.282. The first kappa shape index (κ1) is 11.2. The number of nitrogens with zero attached hydrogens (tertiary/aromatic N) is 2. The summed E-state index contributed by atoms with van der Waals surface area (Å²) in [5, 5.41) is 4.16. The van der Waals surface area contributed by atoms with Gasteiger partial charge in [0.05, 0.1) is 5.54 Å². The van der Waals surface area contributed by atoms with Crippen molar-refractivity contribution in [2.24, 2.45) is 5.73 Å². The number of hydrogen-bond acceptors (Lipinski definition) is 4. The maximum Gasteiger partial charge on any atom is 0.246 e. The van der Waals surface area contributed by atoms with Gasteiger partial charge in [-0.2, -0.15) is 4.98 Å². The zero-order valence-electron chi connectivity index (χ0n) is 10.3. The highest BCUT2D eigenvalue weighted by molar-refractivity contribution is 5.07. The molecule has 0 aliphatic heterocycles. The Kier molecular flexibility index (Phi) is 2.90. The lowest BCUT2D eigenvalue weighted by atomic mass is 9.89. The van der Waals surface area contributed by atoms with E-state index >= 15 is 0 Å². The predicted molar refractivity (Wildman–Crippen MR) is 64.5 cm³/mol. The first-order valence-corrected chi connectivity index (χ1v) is 6.91. The zero-order valence-corrected chi connectivity index (χ0v) is 10.3. The topological polar surface area (TPSA) is 64.9 Å². The van der Waals surface area contributed by atoms with Crippen LogP contribution in [0.25, 0.3) is 0 Å². The van der Waals surface area contributed by atoms with E-state index in [-0.39, 0.29) is 5.54 Å². The molecule has 94 valence electrons. The van der Waals surface area contributed by atoms with Gasteiger partial charge in [-0.1, -0.05) is 37.3 Å². The van der Waals surface area contributed by atoms with Gasteiger partial charge in [0.15, 0.2) is 5.82 Å². The van der Waals surface area contributed by atoms with Crippen LogP contribution in [0.4, 0.5) is 0 Å². The van der Waals surface area contributed by atoms with E-state index in [1.54, 1.807) is 0 Å². The maximum absolute atomic E-state index is 6.33. The fraction of sp³-hybridized carbons (Fsp3) is 0.846. The molecule has 4 nitrogen and oxygen atoms in total. The summed E-state index contributed by atoms with van der Waals surface area (Å²) in [7, 11) is 0. The van der Waals surface area contributed by atoms with E-state index in [0.29, 0.717) is 11.8 Å².